The molecule has 19 N–H and O–H groups in total. The van der Waals surface area contributed by atoms with Gasteiger partial charge in [0.25, 0.3) is 23.6 Å². The number of nitrogens with two attached hydrogens (primary N) is 1. The normalized spacial score (nSPS) is 15.9. The van der Waals surface area contributed by atoms with Gasteiger partial charge >= 0.3 is 23.9 Å². The van der Waals surface area contributed by atoms with Crippen LogP contribution in [0.15, 0.2) is 194 Å². The summed E-state index contributed by atoms with van der Waals surface area (Å²) in [5, 5.41) is 77.7. The van der Waals surface area contributed by atoms with Crippen molar-refractivity contribution < 1.29 is 92.4 Å². The van der Waals surface area contributed by atoms with Crippen LogP contribution < -0.4 is 77.3 Å². The van der Waals surface area contributed by atoms with Crippen LogP contribution in [0.1, 0.15) is 192 Å². The minimum absolute atomic E-state index is 0.0543. The van der Waals surface area contributed by atoms with Gasteiger partial charge in [-0.05, 0) is 292 Å². The van der Waals surface area contributed by atoms with Gasteiger partial charge in [0.05, 0.1) is 39.2 Å². The largest absolute Gasteiger partial charge is 0.505 e. The van der Waals surface area contributed by atoms with E-state index in [0.717, 1.165) is 182 Å². The number of ketones is 1. The summed E-state index contributed by atoms with van der Waals surface area (Å²) in [7, 11) is 1.49. The summed E-state index contributed by atoms with van der Waals surface area (Å²) in [5.74, 6) is -0.729. The van der Waals surface area contributed by atoms with Crippen LogP contribution in [-0.4, -0.2) is 210 Å². The first-order chi connectivity index (χ1) is 68.6. The van der Waals surface area contributed by atoms with Gasteiger partial charge in [-0.25, -0.2) is 19.2 Å². The number of anilines is 2. The van der Waals surface area contributed by atoms with Gasteiger partial charge in [-0.2, -0.15) is 0 Å². The van der Waals surface area contributed by atoms with E-state index in [1.807, 2.05) is 133 Å². The molecular formula is C109H135N13O19. The molecule has 32 heteroatoms. The van der Waals surface area contributed by atoms with E-state index in [1.54, 1.807) is 60.7 Å². The number of aromatic hydroxyl groups is 1. The Morgan fingerprint density at radius 2 is 0.660 bits per heavy atom. The van der Waals surface area contributed by atoms with Crippen LogP contribution >= 0.6 is 0 Å². The van der Waals surface area contributed by atoms with Gasteiger partial charge in [-0.3, -0.25) is 24.0 Å². The van der Waals surface area contributed by atoms with Crippen molar-refractivity contribution >= 4 is 97.4 Å². The van der Waals surface area contributed by atoms with Crippen molar-refractivity contribution in [2.75, 3.05) is 96.9 Å². The number of carboxylic acids is 4. The number of unbranched alkanes of at least 4 members (excludes halogenated alkanes) is 4. The van der Waals surface area contributed by atoms with Crippen molar-refractivity contribution in [3.05, 3.63) is 239 Å². The van der Waals surface area contributed by atoms with E-state index in [0.29, 0.717) is 60.0 Å². The lowest BCUT2D eigenvalue weighted by Gasteiger charge is -2.22. The Bertz CT molecular complexity index is 5700. The number of aromatic nitrogens is 3. The van der Waals surface area contributed by atoms with Crippen LogP contribution in [-0.2, 0) is 49.7 Å². The molecular weight excluding hydrogens is 1800 g/mol. The third kappa shape index (κ3) is 31.5. The predicted octanol–water partition coefficient (Wildman–Crippen LogP) is 14.7. The molecule has 141 heavy (non-hydrogen) atoms. The Labute approximate surface area is 821 Å². The monoisotopic (exact) mass is 1930 g/mol. The minimum atomic E-state index is -1.16. The summed E-state index contributed by atoms with van der Waals surface area (Å²) in [4.78, 5) is 120. The number of Topliss-reactive ketones (excluding diaryl/α,β-unsaturated/α-hetero) is 1. The summed E-state index contributed by atoms with van der Waals surface area (Å²) >= 11 is 0. The van der Waals surface area contributed by atoms with Gasteiger partial charge in [0.15, 0.2) is 23.3 Å². The second-order valence-corrected chi connectivity index (χ2v) is 37.0. The standard InChI is InChI=1S/C28H35N3O5.C27H34N4O4.2C27H33N3O5/c1-35-26-22-7-2-3-8-23(22)30-25(26)27(32)31-24(28(33)34)18-20-9-11-21(12-10-20)36-17-5-4-6-19-13-15-29-16-14-19;28-24-21-6-1-2-7-22(21)30-25(24)26(32)31-23(27(33)34)17-19-8-10-20(11-9-19)35-16-4-3-5-18-12-14-29-15-13-18;2*31-25-21-6-1-2-7-22(21)29-24(25)26(32)30-23(27(33)34)17-19-8-10-20(11-9-19)35-16-4-3-5-18-12-14-28-15-13-18/h2-3,7-12,19,24,29-30H,4-6,13-18H2,1H3,(H,31,32)(H,33,34);1-2,6-11,18,23,29-30H,3-5,12-17,28H2,(H,31,32)(H,33,34);1-2,6-11,18,23,28-29,31H,3-5,12-17H2,(H,30,32)(H,33,34);1-2,6-11,18,23-24,28-29H,3-5,12-17H2,(H,30,32)(H,33,34)/t24-;2*23-;23-,24?/m0000/s1. The molecule has 5 atom stereocenters. The highest BCUT2D eigenvalue weighted by molar-refractivity contribution is 6.21. The molecule has 8 aromatic carbocycles. The highest BCUT2D eigenvalue weighted by Crippen LogP contribution is 2.34. The topological polar surface area (TPSA) is 483 Å². The maximum absolute atomic E-state index is 12.9. The van der Waals surface area contributed by atoms with E-state index in [9.17, 15) is 68.7 Å². The molecule has 5 aliphatic rings. The molecule has 1 unspecified atom stereocenters. The average molecular weight is 1930 g/mol. The number of H-pyrrole nitrogens is 3. The quantitative estimate of drug-likeness (QED) is 0.0124. The molecule has 0 spiro atoms. The number of rotatable bonds is 45. The number of carbonyl (C=O) groups excluding carboxylic acids is 5. The first kappa shape index (κ1) is 104. The number of fused-ring (bicyclic) bond motifs is 4. The van der Waals surface area contributed by atoms with Gasteiger partial charge in [0.1, 0.15) is 64.2 Å². The van der Waals surface area contributed by atoms with Crippen molar-refractivity contribution in [1.82, 2.24) is 57.5 Å². The number of piperidine rings is 4. The third-order valence-electron chi connectivity index (χ3n) is 26.8. The smallest absolute Gasteiger partial charge is 0.326 e. The van der Waals surface area contributed by atoms with Gasteiger partial charge in [0, 0.05) is 69.6 Å². The predicted molar refractivity (Wildman–Crippen MR) is 542 cm³/mol. The summed E-state index contributed by atoms with van der Waals surface area (Å²) in [6.45, 7) is 11.7. The van der Waals surface area contributed by atoms with Crippen molar-refractivity contribution in [3.8, 4) is 34.5 Å². The molecule has 0 bridgehead atoms. The van der Waals surface area contributed by atoms with Crippen LogP contribution in [0, 0.1) is 23.7 Å². The van der Waals surface area contributed by atoms with Gasteiger partial charge in [-0.15, -0.1) is 0 Å². The number of carboxylic acid groups (broad SMARTS) is 4. The maximum atomic E-state index is 12.9. The Morgan fingerprint density at radius 1 is 0.362 bits per heavy atom. The molecule has 8 heterocycles. The highest BCUT2D eigenvalue weighted by atomic mass is 16.5. The Balaban J connectivity index is 0.000000158. The summed E-state index contributed by atoms with van der Waals surface area (Å²) in [6, 6.07) is 52.2. The number of aromatic amines is 3. The van der Waals surface area contributed by atoms with Gasteiger partial charge in [-0.1, -0.05) is 129 Å². The molecule has 4 amide bonds. The zero-order chi connectivity index (χ0) is 99.2. The lowest BCUT2D eigenvalue weighted by molar-refractivity contribution is -0.142. The number of para-hydroxylation sites is 4. The summed E-state index contributed by atoms with van der Waals surface area (Å²) in [6.07, 6.45) is 24.4. The molecule has 16 rings (SSSR count). The second-order valence-electron chi connectivity index (χ2n) is 37.0. The first-order valence-corrected chi connectivity index (χ1v) is 49.6. The fourth-order valence-electron chi connectivity index (χ4n) is 18.7. The van der Waals surface area contributed by atoms with E-state index in [1.165, 1.54) is 97.0 Å². The fraction of sp³-hybridized carbons (Fsp3) is 0.422. The number of amides is 4. The number of nitrogens with one attached hydrogen (secondary N) is 12. The Kier molecular flexibility index (Phi) is 40.0. The average Bonchev–Trinajstić information content (AvgIpc) is 1.67. The minimum Gasteiger partial charge on any atom is -0.505 e. The van der Waals surface area contributed by atoms with E-state index in [-0.39, 0.29) is 54.3 Å². The molecule has 5 aliphatic heterocycles. The van der Waals surface area contributed by atoms with E-state index < -0.39 is 77.7 Å². The number of benzene rings is 8. The number of ether oxygens (including phenoxy) is 5. The van der Waals surface area contributed by atoms with Crippen LogP contribution in [0.2, 0.25) is 0 Å². The van der Waals surface area contributed by atoms with Crippen molar-refractivity contribution in [1.29, 1.82) is 0 Å². The highest BCUT2D eigenvalue weighted by Gasteiger charge is 2.38. The van der Waals surface area contributed by atoms with Crippen LogP contribution in [0.4, 0.5) is 11.4 Å². The van der Waals surface area contributed by atoms with Crippen molar-refractivity contribution in [2.45, 2.75) is 184 Å². The zero-order valence-electron chi connectivity index (χ0n) is 80.2. The van der Waals surface area contributed by atoms with Crippen LogP contribution in [0.25, 0.3) is 32.7 Å². The summed E-state index contributed by atoms with van der Waals surface area (Å²) in [5.41, 5.74) is 12.9. The first-order valence-electron chi connectivity index (χ1n) is 49.6. The molecule has 3 aromatic heterocycles. The molecule has 11 aromatic rings. The lowest BCUT2D eigenvalue weighted by atomic mass is 9.93. The number of methoxy groups -OCH3 is 1. The Hall–Kier alpha value is -14.0. The molecule has 4 fully saturated rings. The molecule has 0 saturated carbocycles. The number of aliphatic carboxylic acids is 4. The van der Waals surface area contributed by atoms with Crippen LogP contribution in [0.3, 0.4) is 0 Å². The third-order valence-corrected chi connectivity index (χ3v) is 26.8. The van der Waals surface area contributed by atoms with Crippen LogP contribution in [0.5, 0.6) is 34.5 Å². The molecule has 4 saturated heterocycles. The van der Waals surface area contributed by atoms with E-state index in [2.05, 4.69) is 62.8 Å². The number of hydrogen-bond donors (Lipinski definition) is 18. The maximum Gasteiger partial charge on any atom is 0.326 e. The Morgan fingerprint density at radius 3 is 1.01 bits per heavy atom. The SMILES string of the molecule is COc1c(C(=O)N[C@@H](Cc2ccc(OCCCCC3CCNCC3)cc2)C(=O)O)[nH]c2ccccc12.Nc1c(C(=O)N[C@@H](Cc2ccc(OCCCCC3CCNCC3)cc2)C(=O)O)[nH]c2ccccc12.O=C(N[C@@H](Cc1ccc(OCCCCC2CCNCC2)cc1)C(=O)O)C1Nc2ccccc2C1=O.O=C(N[C@@H](Cc1ccc(OCCCCC2CCNCC2)cc1)C(=O)O)c1[nH]c2ccccc2c1O. The van der Waals surface area contributed by atoms with Gasteiger partial charge in [0.2, 0.25) is 0 Å². The van der Waals surface area contributed by atoms with Crippen molar-refractivity contribution in [3.63, 3.8) is 0 Å². The fourth-order valence-corrected chi connectivity index (χ4v) is 18.7. The molecule has 32 nitrogen and oxygen atoms in total. The molecule has 0 aliphatic carbocycles. The number of hydrogen-bond acceptors (Lipinski definition) is 21. The summed E-state index contributed by atoms with van der Waals surface area (Å²) < 4.78 is 28.8. The van der Waals surface area contributed by atoms with Crippen molar-refractivity contribution in [2.24, 2.45) is 23.7 Å². The molecule has 750 valence electrons. The molecule has 0 radical (unpaired) electrons. The van der Waals surface area contributed by atoms with E-state index in [4.69, 9.17) is 29.4 Å². The van der Waals surface area contributed by atoms with Gasteiger partial charge < -0.3 is 118 Å². The van der Waals surface area contributed by atoms with E-state index >= 15 is 0 Å². The second kappa shape index (κ2) is 54.0. The lowest BCUT2D eigenvalue weighted by Crippen LogP contribution is -2.49. The number of carbonyl (C=O) groups is 9. The number of nitrogen functional groups attached to an aromatic ring is 1. The zero-order valence-corrected chi connectivity index (χ0v) is 80.2.